The summed E-state index contributed by atoms with van der Waals surface area (Å²) in [6.07, 6.45) is 1.29. The Kier molecular flexibility index (Phi) is 3.97. The number of amides is 1. The lowest BCUT2D eigenvalue weighted by Gasteiger charge is -2.06. The minimum absolute atomic E-state index is 0.00252. The molecule has 0 spiro atoms. The zero-order chi connectivity index (χ0) is 13.8. The Hall–Kier alpha value is -2.14. The van der Waals surface area contributed by atoms with Crippen LogP contribution in [-0.2, 0) is 6.54 Å². The van der Waals surface area contributed by atoms with Gasteiger partial charge in [-0.15, -0.1) is 0 Å². The second kappa shape index (κ2) is 5.67. The third-order valence-electron chi connectivity index (χ3n) is 2.51. The van der Waals surface area contributed by atoms with Crippen molar-refractivity contribution in [2.45, 2.75) is 6.54 Å². The van der Waals surface area contributed by atoms with E-state index in [1.165, 1.54) is 18.3 Å². The maximum Gasteiger partial charge on any atom is 0.260 e. The molecule has 2 N–H and O–H groups in total. The van der Waals surface area contributed by atoms with Gasteiger partial charge >= 0.3 is 0 Å². The first-order valence-electron chi connectivity index (χ1n) is 5.48. The Balaban J connectivity index is 2.12. The van der Waals surface area contributed by atoms with Gasteiger partial charge < -0.3 is 10.3 Å². The molecule has 2 aromatic rings. The monoisotopic (exact) mass is 280 g/mol. The second-order valence-corrected chi connectivity index (χ2v) is 4.27. The van der Waals surface area contributed by atoms with E-state index in [9.17, 15) is 14.0 Å². The summed E-state index contributed by atoms with van der Waals surface area (Å²) in [5, 5.41) is 2.71. The van der Waals surface area contributed by atoms with Crippen LogP contribution in [0.1, 0.15) is 15.9 Å². The predicted octanol–water partition coefficient (Wildman–Crippen LogP) is 2.10. The molecule has 98 valence electrons. The Morgan fingerprint density at radius 1 is 1.37 bits per heavy atom. The molecule has 1 amide bonds. The molecule has 6 heteroatoms. The topological polar surface area (TPSA) is 62.0 Å². The van der Waals surface area contributed by atoms with Gasteiger partial charge in [0.15, 0.2) is 0 Å². The normalized spacial score (nSPS) is 10.2. The van der Waals surface area contributed by atoms with Gasteiger partial charge in [0.05, 0.1) is 5.02 Å². The summed E-state index contributed by atoms with van der Waals surface area (Å²) in [6.45, 7) is -0.00252. The van der Waals surface area contributed by atoms with Crippen molar-refractivity contribution in [1.82, 2.24) is 10.3 Å². The van der Waals surface area contributed by atoms with Crippen molar-refractivity contribution in [2.24, 2.45) is 0 Å². The van der Waals surface area contributed by atoms with Crippen LogP contribution in [0, 0.1) is 5.82 Å². The van der Waals surface area contributed by atoms with Crippen molar-refractivity contribution in [2.75, 3.05) is 0 Å². The van der Waals surface area contributed by atoms with E-state index < -0.39 is 17.3 Å². The summed E-state index contributed by atoms with van der Waals surface area (Å²) in [5.41, 5.74) is -0.312. The van der Waals surface area contributed by atoms with Crippen LogP contribution in [0.2, 0.25) is 5.02 Å². The zero-order valence-corrected chi connectivity index (χ0v) is 10.5. The summed E-state index contributed by atoms with van der Waals surface area (Å²) in [4.78, 5) is 25.6. The Bertz CT molecular complexity index is 670. The predicted molar refractivity (Wildman–Crippen MR) is 69.6 cm³/mol. The van der Waals surface area contributed by atoms with E-state index in [0.717, 1.165) is 0 Å². The molecule has 1 aromatic heterocycles. The molecule has 0 saturated carbocycles. The average molecular weight is 281 g/mol. The number of carbonyl (C=O) groups excluding carboxylic acids is 1. The number of nitrogens with one attached hydrogen (secondary N) is 2. The molecule has 0 aliphatic carbocycles. The van der Waals surface area contributed by atoms with Gasteiger partial charge in [0.1, 0.15) is 11.4 Å². The lowest BCUT2D eigenvalue weighted by atomic mass is 10.2. The van der Waals surface area contributed by atoms with E-state index >= 15 is 0 Å². The Morgan fingerprint density at radius 3 is 2.84 bits per heavy atom. The molecule has 1 heterocycles. The smallest absolute Gasteiger partial charge is 0.260 e. The molecule has 0 aliphatic heterocycles. The van der Waals surface area contributed by atoms with Crippen molar-refractivity contribution >= 4 is 17.5 Å². The van der Waals surface area contributed by atoms with Crippen LogP contribution in [-0.4, -0.2) is 10.9 Å². The van der Waals surface area contributed by atoms with E-state index in [4.69, 9.17) is 11.6 Å². The third-order valence-corrected chi connectivity index (χ3v) is 2.73. The number of rotatable bonds is 3. The number of H-pyrrole nitrogens is 1. The third kappa shape index (κ3) is 3.20. The van der Waals surface area contributed by atoms with Crippen LogP contribution in [0.4, 0.5) is 4.39 Å². The maximum absolute atomic E-state index is 13.3. The second-order valence-electron chi connectivity index (χ2n) is 3.83. The Morgan fingerprint density at radius 2 is 2.11 bits per heavy atom. The minimum atomic E-state index is -0.605. The summed E-state index contributed by atoms with van der Waals surface area (Å²) in [7, 11) is 0. The minimum Gasteiger partial charge on any atom is -0.348 e. The number of pyridine rings is 1. The lowest BCUT2D eigenvalue weighted by molar-refractivity contribution is 0.0949. The molecule has 0 aliphatic rings. The van der Waals surface area contributed by atoms with Gasteiger partial charge in [-0.05, 0) is 12.1 Å². The molecule has 0 saturated heterocycles. The molecule has 19 heavy (non-hydrogen) atoms. The van der Waals surface area contributed by atoms with Gasteiger partial charge in [0.2, 0.25) is 0 Å². The number of aromatic nitrogens is 1. The summed E-state index contributed by atoms with van der Waals surface area (Å²) >= 11 is 5.69. The van der Waals surface area contributed by atoms with Gasteiger partial charge in [-0.3, -0.25) is 9.59 Å². The van der Waals surface area contributed by atoms with Gasteiger partial charge in [0.25, 0.3) is 11.5 Å². The number of carbonyl (C=O) groups is 1. The van der Waals surface area contributed by atoms with Gasteiger partial charge in [-0.25, -0.2) is 4.39 Å². The number of aromatic amines is 1. The number of halogens is 2. The van der Waals surface area contributed by atoms with E-state index in [0.29, 0.717) is 5.56 Å². The van der Waals surface area contributed by atoms with Crippen molar-refractivity contribution in [1.29, 1.82) is 0 Å². The van der Waals surface area contributed by atoms with Crippen LogP contribution in [0.25, 0.3) is 0 Å². The average Bonchev–Trinajstić information content (AvgIpc) is 2.40. The summed E-state index contributed by atoms with van der Waals surface area (Å²) in [5.74, 6) is -1.02. The molecular formula is C13H10ClFN2O2. The quantitative estimate of drug-likeness (QED) is 0.904. The van der Waals surface area contributed by atoms with E-state index in [1.54, 1.807) is 18.2 Å². The molecule has 0 unspecified atom stereocenters. The van der Waals surface area contributed by atoms with Crippen LogP contribution in [0.3, 0.4) is 0 Å². The molecular weight excluding hydrogens is 271 g/mol. The van der Waals surface area contributed by atoms with Crippen LogP contribution >= 0.6 is 11.6 Å². The first kappa shape index (κ1) is 13.3. The molecule has 1 aromatic carbocycles. The standard InChI is InChI=1S/C13H10ClFN2O2/c14-9-5-10(13(19)17-7-9)12(18)16-6-8-3-1-2-4-11(8)15/h1-5,7H,6H2,(H,16,18)(H,17,19). The lowest BCUT2D eigenvalue weighted by Crippen LogP contribution is -2.29. The fraction of sp³-hybridized carbons (Fsp3) is 0.0769. The molecule has 0 radical (unpaired) electrons. The van der Waals surface area contributed by atoms with Gasteiger partial charge in [-0.2, -0.15) is 0 Å². The highest BCUT2D eigenvalue weighted by atomic mass is 35.5. The van der Waals surface area contributed by atoms with Crippen molar-refractivity contribution in [3.63, 3.8) is 0 Å². The summed E-state index contributed by atoms with van der Waals surface area (Å²) in [6, 6.07) is 7.33. The highest BCUT2D eigenvalue weighted by Crippen LogP contribution is 2.07. The molecule has 4 nitrogen and oxygen atoms in total. The first-order chi connectivity index (χ1) is 9.08. The first-order valence-corrected chi connectivity index (χ1v) is 5.85. The van der Waals surface area contributed by atoms with Crippen LogP contribution < -0.4 is 10.9 Å². The highest BCUT2D eigenvalue weighted by Gasteiger charge is 2.11. The SMILES string of the molecule is O=C(NCc1ccccc1F)c1cc(Cl)c[nH]c1=O. The molecule has 2 rings (SSSR count). The summed E-state index contributed by atoms with van der Waals surface area (Å²) < 4.78 is 13.3. The molecule has 0 fully saturated rings. The fourth-order valence-corrected chi connectivity index (χ4v) is 1.70. The molecule has 0 bridgehead atoms. The van der Waals surface area contributed by atoms with Gasteiger partial charge in [-0.1, -0.05) is 29.8 Å². The largest absolute Gasteiger partial charge is 0.348 e. The van der Waals surface area contributed by atoms with E-state index in [-0.39, 0.29) is 17.1 Å². The zero-order valence-electron chi connectivity index (χ0n) is 9.74. The van der Waals surface area contributed by atoms with E-state index in [1.807, 2.05) is 0 Å². The van der Waals surface area contributed by atoms with Crippen LogP contribution in [0.15, 0.2) is 41.3 Å². The number of hydrogen-bond acceptors (Lipinski definition) is 2. The maximum atomic E-state index is 13.3. The van der Waals surface area contributed by atoms with Crippen LogP contribution in [0.5, 0.6) is 0 Å². The fourth-order valence-electron chi connectivity index (χ4n) is 1.54. The van der Waals surface area contributed by atoms with Crippen molar-refractivity contribution in [3.8, 4) is 0 Å². The molecule has 0 atom stereocenters. The number of hydrogen-bond donors (Lipinski definition) is 2. The van der Waals surface area contributed by atoms with E-state index in [2.05, 4.69) is 10.3 Å². The van der Waals surface area contributed by atoms with Crippen molar-refractivity contribution in [3.05, 3.63) is 68.8 Å². The number of benzene rings is 1. The van der Waals surface area contributed by atoms with Crippen molar-refractivity contribution < 1.29 is 9.18 Å². The van der Waals surface area contributed by atoms with Gasteiger partial charge in [0, 0.05) is 18.3 Å². The highest BCUT2D eigenvalue weighted by molar-refractivity contribution is 6.30. The Labute approximate surface area is 113 Å².